The molecular formula is C18H16N2O4S. The van der Waals surface area contributed by atoms with Gasteiger partial charge in [-0.2, -0.15) is 5.26 Å². The van der Waals surface area contributed by atoms with Crippen molar-refractivity contribution in [2.24, 2.45) is 0 Å². The van der Waals surface area contributed by atoms with Crippen LogP contribution in [0.3, 0.4) is 0 Å². The van der Waals surface area contributed by atoms with Crippen molar-refractivity contribution in [2.45, 2.75) is 6.92 Å². The number of ether oxygens (including phenoxy) is 2. The van der Waals surface area contributed by atoms with E-state index >= 15 is 0 Å². The fourth-order valence-electron chi connectivity index (χ4n) is 2.06. The standard InChI is InChI=1S/C18H16N2O4S/c1-11-14(10-19)17(25-16(11)18(22)24-3)20-15(21)9-6-12-4-7-13(23-2)8-5-12/h4-9H,1-3H3,(H,20,21). The smallest absolute Gasteiger partial charge is 0.348 e. The summed E-state index contributed by atoms with van der Waals surface area (Å²) in [6.45, 7) is 1.64. The first-order valence-corrected chi connectivity index (χ1v) is 8.06. The molecule has 1 aromatic heterocycles. The van der Waals surface area contributed by atoms with Crippen molar-refractivity contribution >= 4 is 34.3 Å². The van der Waals surface area contributed by atoms with E-state index in [0.717, 1.165) is 22.6 Å². The first-order chi connectivity index (χ1) is 12.0. The molecule has 0 fully saturated rings. The number of esters is 1. The Hall–Kier alpha value is -3.11. The number of nitrogens with one attached hydrogen (secondary N) is 1. The second-order valence-electron chi connectivity index (χ2n) is 4.96. The molecule has 0 aliphatic heterocycles. The minimum Gasteiger partial charge on any atom is -0.497 e. The van der Waals surface area contributed by atoms with Crippen molar-refractivity contribution in [3.05, 3.63) is 51.9 Å². The van der Waals surface area contributed by atoms with Crippen molar-refractivity contribution in [3.63, 3.8) is 0 Å². The van der Waals surface area contributed by atoms with Gasteiger partial charge in [-0.05, 0) is 36.3 Å². The quantitative estimate of drug-likeness (QED) is 0.655. The number of nitrogens with zero attached hydrogens (tertiary/aromatic N) is 1. The molecule has 2 aromatic rings. The Labute approximate surface area is 149 Å². The van der Waals surface area contributed by atoms with E-state index in [1.54, 1.807) is 32.2 Å². The zero-order valence-electron chi connectivity index (χ0n) is 14.0. The summed E-state index contributed by atoms with van der Waals surface area (Å²) in [6.07, 6.45) is 3.00. The van der Waals surface area contributed by atoms with Gasteiger partial charge in [-0.25, -0.2) is 4.79 Å². The molecule has 1 aromatic carbocycles. The minimum atomic E-state index is -0.534. The molecule has 0 atom stereocenters. The first-order valence-electron chi connectivity index (χ1n) is 7.25. The highest BCUT2D eigenvalue weighted by atomic mass is 32.1. The van der Waals surface area contributed by atoms with E-state index in [4.69, 9.17) is 4.74 Å². The molecule has 0 saturated heterocycles. The zero-order chi connectivity index (χ0) is 18.4. The molecule has 7 heteroatoms. The maximum absolute atomic E-state index is 12.1. The lowest BCUT2D eigenvalue weighted by atomic mass is 10.1. The van der Waals surface area contributed by atoms with Crippen LogP contribution in [0.2, 0.25) is 0 Å². The number of thiophene rings is 1. The summed E-state index contributed by atoms with van der Waals surface area (Å²) in [5, 5.41) is 12.2. The molecule has 6 nitrogen and oxygen atoms in total. The molecule has 1 N–H and O–H groups in total. The first kappa shape index (κ1) is 18.2. The van der Waals surface area contributed by atoms with Gasteiger partial charge in [-0.15, -0.1) is 11.3 Å². The fourth-order valence-corrected chi connectivity index (χ4v) is 3.14. The largest absolute Gasteiger partial charge is 0.497 e. The van der Waals surface area contributed by atoms with Gasteiger partial charge in [0.15, 0.2) is 0 Å². The average molecular weight is 356 g/mol. The normalized spacial score (nSPS) is 10.3. The Morgan fingerprint density at radius 1 is 1.24 bits per heavy atom. The van der Waals surface area contributed by atoms with E-state index in [2.05, 4.69) is 10.1 Å². The fraction of sp³-hybridized carbons (Fsp3) is 0.167. The number of amides is 1. The Balaban J connectivity index is 2.15. The van der Waals surface area contributed by atoms with Gasteiger partial charge >= 0.3 is 5.97 Å². The van der Waals surface area contributed by atoms with Crippen molar-refractivity contribution in [1.29, 1.82) is 5.26 Å². The Morgan fingerprint density at radius 3 is 2.48 bits per heavy atom. The van der Waals surface area contributed by atoms with Crippen LogP contribution in [0, 0.1) is 18.3 Å². The van der Waals surface area contributed by atoms with Crippen LogP contribution in [0.4, 0.5) is 5.00 Å². The van der Waals surface area contributed by atoms with E-state index in [0.29, 0.717) is 15.4 Å². The van der Waals surface area contributed by atoms with E-state index in [9.17, 15) is 14.9 Å². The van der Waals surface area contributed by atoms with Crippen LogP contribution in [0.15, 0.2) is 30.3 Å². The predicted octanol–water partition coefficient (Wildman–Crippen LogP) is 3.38. The van der Waals surface area contributed by atoms with E-state index < -0.39 is 11.9 Å². The molecule has 2 rings (SSSR count). The third-order valence-corrected chi connectivity index (χ3v) is 4.60. The molecule has 0 saturated carbocycles. The second-order valence-corrected chi connectivity index (χ2v) is 5.98. The topological polar surface area (TPSA) is 88.4 Å². The highest BCUT2D eigenvalue weighted by molar-refractivity contribution is 7.18. The van der Waals surface area contributed by atoms with E-state index in [1.165, 1.54) is 13.2 Å². The molecule has 0 unspecified atom stereocenters. The third kappa shape index (κ3) is 4.25. The van der Waals surface area contributed by atoms with E-state index in [-0.39, 0.29) is 5.56 Å². The summed E-state index contributed by atoms with van der Waals surface area (Å²) >= 11 is 1.02. The van der Waals surface area contributed by atoms with Gasteiger partial charge in [0.25, 0.3) is 0 Å². The van der Waals surface area contributed by atoms with Gasteiger partial charge in [0.05, 0.1) is 19.8 Å². The maximum atomic E-state index is 12.1. The van der Waals surface area contributed by atoms with Crippen LogP contribution in [0.1, 0.15) is 26.4 Å². The minimum absolute atomic E-state index is 0.261. The number of methoxy groups -OCH3 is 2. The zero-order valence-corrected chi connectivity index (χ0v) is 14.8. The molecule has 0 aliphatic carbocycles. The third-order valence-electron chi connectivity index (χ3n) is 3.41. The average Bonchev–Trinajstić information content (AvgIpc) is 2.94. The molecule has 1 amide bonds. The van der Waals surface area contributed by atoms with Gasteiger partial charge in [0, 0.05) is 6.08 Å². The van der Waals surface area contributed by atoms with Crippen molar-refractivity contribution in [1.82, 2.24) is 0 Å². The number of carbonyl (C=O) groups is 2. The number of nitriles is 1. The lowest BCUT2D eigenvalue weighted by Crippen LogP contribution is -2.07. The summed E-state index contributed by atoms with van der Waals surface area (Å²) in [5.74, 6) is -0.206. The highest BCUT2D eigenvalue weighted by Gasteiger charge is 2.21. The SMILES string of the molecule is COC(=O)c1sc(NC(=O)C=Cc2ccc(OC)cc2)c(C#N)c1C. The Kier molecular flexibility index (Phi) is 5.93. The summed E-state index contributed by atoms with van der Waals surface area (Å²) in [7, 11) is 2.85. The van der Waals surface area contributed by atoms with Gasteiger partial charge in [-0.3, -0.25) is 4.79 Å². The van der Waals surface area contributed by atoms with Gasteiger partial charge in [0.1, 0.15) is 21.7 Å². The van der Waals surface area contributed by atoms with Crippen molar-refractivity contribution < 1.29 is 19.1 Å². The second kappa shape index (κ2) is 8.13. The summed E-state index contributed by atoms with van der Waals surface area (Å²) in [4.78, 5) is 24.1. The molecule has 0 aliphatic rings. The molecular weight excluding hydrogens is 340 g/mol. The molecule has 0 bridgehead atoms. The number of hydrogen-bond acceptors (Lipinski definition) is 6. The van der Waals surface area contributed by atoms with E-state index in [1.807, 2.05) is 18.2 Å². The molecule has 0 radical (unpaired) electrons. The molecule has 1 heterocycles. The molecule has 0 spiro atoms. The number of anilines is 1. The van der Waals surface area contributed by atoms with Crippen LogP contribution < -0.4 is 10.1 Å². The van der Waals surface area contributed by atoms with Crippen molar-refractivity contribution in [2.75, 3.05) is 19.5 Å². The molecule has 128 valence electrons. The number of hydrogen-bond donors (Lipinski definition) is 1. The monoisotopic (exact) mass is 356 g/mol. The summed E-state index contributed by atoms with van der Waals surface area (Å²) in [6, 6.07) is 9.21. The van der Waals surface area contributed by atoms with Crippen LogP contribution in [0.25, 0.3) is 6.08 Å². The number of rotatable bonds is 5. The van der Waals surface area contributed by atoms with Crippen LogP contribution in [0.5, 0.6) is 5.75 Å². The van der Waals surface area contributed by atoms with Gasteiger partial charge in [0.2, 0.25) is 5.91 Å². The number of benzene rings is 1. The predicted molar refractivity (Wildman–Crippen MR) is 95.8 cm³/mol. The Morgan fingerprint density at radius 2 is 1.92 bits per heavy atom. The van der Waals surface area contributed by atoms with Gasteiger partial charge < -0.3 is 14.8 Å². The van der Waals surface area contributed by atoms with Crippen LogP contribution in [-0.2, 0) is 9.53 Å². The molecule has 25 heavy (non-hydrogen) atoms. The van der Waals surface area contributed by atoms with Gasteiger partial charge in [-0.1, -0.05) is 12.1 Å². The highest BCUT2D eigenvalue weighted by Crippen LogP contribution is 2.32. The van der Waals surface area contributed by atoms with Crippen LogP contribution in [-0.4, -0.2) is 26.1 Å². The summed E-state index contributed by atoms with van der Waals surface area (Å²) < 4.78 is 9.76. The summed E-state index contributed by atoms with van der Waals surface area (Å²) in [5.41, 5.74) is 1.58. The van der Waals surface area contributed by atoms with Crippen LogP contribution >= 0.6 is 11.3 Å². The lowest BCUT2D eigenvalue weighted by Gasteiger charge is -2.00. The Bertz CT molecular complexity index is 860. The van der Waals surface area contributed by atoms with Crippen molar-refractivity contribution in [3.8, 4) is 11.8 Å². The lowest BCUT2D eigenvalue weighted by molar-refractivity contribution is -0.111. The number of carbonyl (C=O) groups excluding carboxylic acids is 2. The maximum Gasteiger partial charge on any atom is 0.348 e.